The largest absolute Gasteiger partial charge is 0.489 e. The molecule has 2 amide bonds. The Bertz CT molecular complexity index is 1830. The van der Waals surface area contributed by atoms with Gasteiger partial charge in [-0.2, -0.15) is 4.98 Å². The molecule has 1 saturated heterocycles. The van der Waals surface area contributed by atoms with Crippen LogP contribution in [0, 0.1) is 19.7 Å². The maximum atomic E-state index is 15.2. The van der Waals surface area contributed by atoms with Gasteiger partial charge in [0.1, 0.15) is 18.2 Å². The summed E-state index contributed by atoms with van der Waals surface area (Å²) in [5.74, 6) is 0.473. The smallest absolute Gasteiger partial charge is 0.425 e. The van der Waals surface area contributed by atoms with Gasteiger partial charge < -0.3 is 20.1 Å². The molecule has 0 spiro atoms. The minimum Gasteiger partial charge on any atom is -0.489 e. The Balaban J connectivity index is 1.31. The number of halogens is 1. The van der Waals surface area contributed by atoms with E-state index in [1.54, 1.807) is 24.3 Å². The number of nitrogens with one attached hydrogen (secondary N) is 2. The molecule has 2 heterocycles. The van der Waals surface area contributed by atoms with Gasteiger partial charge in [-0.15, -0.1) is 0 Å². The van der Waals surface area contributed by atoms with Crippen molar-refractivity contribution in [2.75, 3.05) is 49.5 Å². The number of hydrogen-bond acceptors (Lipinski definition) is 9. The molecule has 3 aromatic carbocycles. The summed E-state index contributed by atoms with van der Waals surface area (Å²) in [4.78, 5) is 41.7. The van der Waals surface area contributed by atoms with E-state index in [2.05, 4.69) is 44.2 Å². The van der Waals surface area contributed by atoms with Crippen LogP contribution in [0.3, 0.4) is 0 Å². The minimum atomic E-state index is -0.673. The Labute approximate surface area is 312 Å². The maximum Gasteiger partial charge on any atom is 0.425 e. The fourth-order valence-electron chi connectivity index (χ4n) is 6.13. The van der Waals surface area contributed by atoms with Gasteiger partial charge in [-0.05, 0) is 88.4 Å². The average molecular weight is 726 g/mol. The first kappa shape index (κ1) is 39.1. The van der Waals surface area contributed by atoms with Crippen LogP contribution in [0.25, 0.3) is 0 Å². The molecule has 0 bridgehead atoms. The molecule has 4 aromatic rings. The van der Waals surface area contributed by atoms with E-state index in [1.165, 1.54) is 17.2 Å². The van der Waals surface area contributed by atoms with Crippen LogP contribution in [0.5, 0.6) is 11.5 Å². The number of carbonyl (C=O) groups excluding carboxylic acids is 2. The second-order valence-corrected chi connectivity index (χ2v) is 13.8. The van der Waals surface area contributed by atoms with Crippen LogP contribution in [0.15, 0.2) is 72.9 Å². The summed E-state index contributed by atoms with van der Waals surface area (Å²) >= 11 is 0. The van der Waals surface area contributed by atoms with Gasteiger partial charge in [0.05, 0.1) is 5.69 Å². The number of piperazine rings is 1. The zero-order valence-electron chi connectivity index (χ0n) is 31.7. The third-order valence-corrected chi connectivity index (χ3v) is 9.47. The lowest BCUT2D eigenvalue weighted by molar-refractivity contribution is -0.121. The molecular formula is C41H52FN7O4. The van der Waals surface area contributed by atoms with Gasteiger partial charge in [0, 0.05) is 75.2 Å². The minimum absolute atomic E-state index is 0.0330. The predicted molar refractivity (Wildman–Crippen MR) is 207 cm³/mol. The third-order valence-electron chi connectivity index (χ3n) is 9.47. The molecule has 12 heteroatoms. The summed E-state index contributed by atoms with van der Waals surface area (Å²) in [5, 5.41) is 6.05. The number of nitrogens with zero attached hydrogens (tertiary/aromatic N) is 5. The quantitative estimate of drug-likeness (QED) is 0.128. The van der Waals surface area contributed by atoms with Crippen LogP contribution >= 0.6 is 0 Å². The number of anilines is 4. The summed E-state index contributed by atoms with van der Waals surface area (Å²) in [7, 11) is 0. The van der Waals surface area contributed by atoms with E-state index in [0.717, 1.165) is 55.8 Å². The van der Waals surface area contributed by atoms with Gasteiger partial charge in [-0.3, -0.25) is 14.6 Å². The topological polar surface area (TPSA) is 112 Å². The summed E-state index contributed by atoms with van der Waals surface area (Å²) in [5.41, 5.74) is 3.40. The lowest BCUT2D eigenvalue weighted by Gasteiger charge is -2.36. The van der Waals surface area contributed by atoms with Gasteiger partial charge in [-0.25, -0.2) is 19.1 Å². The van der Waals surface area contributed by atoms with Crippen molar-refractivity contribution >= 4 is 35.1 Å². The van der Waals surface area contributed by atoms with Crippen molar-refractivity contribution in [1.82, 2.24) is 25.1 Å². The van der Waals surface area contributed by atoms with Crippen LogP contribution in [-0.2, 0) is 11.2 Å². The van der Waals surface area contributed by atoms with Gasteiger partial charge in [0.25, 0.3) is 0 Å². The Morgan fingerprint density at radius 2 is 1.70 bits per heavy atom. The average Bonchev–Trinajstić information content (AvgIpc) is 3.14. The number of benzene rings is 3. The van der Waals surface area contributed by atoms with Crippen molar-refractivity contribution in [1.29, 1.82) is 0 Å². The van der Waals surface area contributed by atoms with Crippen molar-refractivity contribution in [3.8, 4) is 11.5 Å². The zero-order chi connectivity index (χ0) is 37.9. The monoisotopic (exact) mass is 725 g/mol. The molecule has 282 valence electrons. The molecule has 1 atom stereocenters. The van der Waals surface area contributed by atoms with Gasteiger partial charge >= 0.3 is 6.09 Å². The number of rotatable bonds is 15. The Morgan fingerprint density at radius 1 is 0.962 bits per heavy atom. The number of amides is 2. The van der Waals surface area contributed by atoms with Crippen molar-refractivity contribution in [3.05, 3.63) is 95.4 Å². The first-order valence-electron chi connectivity index (χ1n) is 18.5. The molecule has 1 aromatic heterocycles. The van der Waals surface area contributed by atoms with Gasteiger partial charge in [0.15, 0.2) is 11.6 Å². The third kappa shape index (κ3) is 11.0. The Hall–Kier alpha value is -5.07. The molecule has 5 rings (SSSR count). The van der Waals surface area contributed by atoms with Gasteiger partial charge in [0.2, 0.25) is 11.9 Å². The van der Waals surface area contributed by atoms with Gasteiger partial charge in [-0.1, -0.05) is 37.3 Å². The van der Waals surface area contributed by atoms with Crippen molar-refractivity contribution in [3.63, 3.8) is 0 Å². The number of hydrogen-bond donors (Lipinski definition) is 2. The first-order valence-corrected chi connectivity index (χ1v) is 18.5. The number of ether oxygens (including phenoxy) is 2. The highest BCUT2D eigenvalue weighted by atomic mass is 19.1. The van der Waals surface area contributed by atoms with E-state index < -0.39 is 11.9 Å². The lowest BCUT2D eigenvalue weighted by Crippen LogP contribution is -2.49. The lowest BCUT2D eigenvalue weighted by atomic mass is 10.1. The van der Waals surface area contributed by atoms with E-state index in [0.29, 0.717) is 42.6 Å². The summed E-state index contributed by atoms with van der Waals surface area (Å²) in [6, 6.07) is 19.9. The molecule has 11 nitrogen and oxygen atoms in total. The second kappa shape index (κ2) is 18.6. The fraction of sp³-hybridized carbons (Fsp3) is 0.415. The van der Waals surface area contributed by atoms with E-state index in [1.807, 2.05) is 64.1 Å². The fourth-order valence-corrected chi connectivity index (χ4v) is 6.13. The number of para-hydroxylation sites is 1. The zero-order valence-corrected chi connectivity index (χ0v) is 31.7. The van der Waals surface area contributed by atoms with Crippen LogP contribution in [0.1, 0.15) is 57.2 Å². The second-order valence-electron chi connectivity index (χ2n) is 13.8. The maximum absolute atomic E-state index is 15.2. The molecule has 2 N–H and O–H groups in total. The van der Waals surface area contributed by atoms with Crippen molar-refractivity contribution in [2.24, 2.45) is 0 Å². The molecule has 1 unspecified atom stereocenters. The molecule has 0 saturated carbocycles. The van der Waals surface area contributed by atoms with Crippen molar-refractivity contribution < 1.29 is 23.5 Å². The molecule has 53 heavy (non-hydrogen) atoms. The van der Waals surface area contributed by atoms with E-state index in [-0.39, 0.29) is 29.5 Å². The molecule has 1 aliphatic rings. The predicted octanol–water partition coefficient (Wildman–Crippen LogP) is 7.57. The number of aromatic nitrogens is 2. The van der Waals surface area contributed by atoms with E-state index in [9.17, 15) is 9.59 Å². The Kier molecular flexibility index (Phi) is 13.7. The summed E-state index contributed by atoms with van der Waals surface area (Å²) in [6.07, 6.45) is 2.47. The van der Waals surface area contributed by atoms with Crippen LogP contribution in [-0.4, -0.2) is 83.2 Å². The normalized spacial score (nSPS) is 14.1. The summed E-state index contributed by atoms with van der Waals surface area (Å²) < 4.78 is 27.0. The molecular weight excluding hydrogens is 673 g/mol. The Morgan fingerprint density at radius 3 is 2.40 bits per heavy atom. The highest BCUT2D eigenvalue weighted by molar-refractivity contribution is 5.96. The molecule has 0 radical (unpaired) electrons. The highest BCUT2D eigenvalue weighted by Gasteiger charge is 2.25. The first-order chi connectivity index (χ1) is 25.5. The summed E-state index contributed by atoms with van der Waals surface area (Å²) in [6.45, 7) is 17.3. The number of carbonyl (C=O) groups is 2. The molecule has 1 aliphatic heterocycles. The van der Waals surface area contributed by atoms with E-state index in [4.69, 9.17) is 9.47 Å². The molecule has 0 aliphatic carbocycles. The van der Waals surface area contributed by atoms with Crippen LogP contribution in [0.2, 0.25) is 0 Å². The SMILES string of the molecule is CCC(C)NC(=O)CCc1cccc(N(C(=O)Oc2c(C)cccc2C)c2ccnc(Nc3ccc(OCCN4CCN(C(C)C)CC4)c(F)c3)n2)c1. The molecule has 1 fully saturated rings. The van der Waals surface area contributed by atoms with Crippen LogP contribution < -0.4 is 25.0 Å². The van der Waals surface area contributed by atoms with Crippen molar-refractivity contribution in [2.45, 2.75) is 72.9 Å². The standard InChI is InChI=1S/C41H52FN7O4/c1-7-31(6)44-38(50)17-14-32-12-9-13-34(26-32)49(41(51)53-39-29(4)10-8-11-30(39)5)37-18-19-43-40(46-37)45-33-15-16-36(35(42)27-33)52-25-24-47-20-22-48(23-21-47)28(2)3/h8-13,15-16,18-19,26-28,31H,7,14,17,20-25H2,1-6H3,(H,44,50)(H,43,45,46). The highest BCUT2D eigenvalue weighted by Crippen LogP contribution is 2.30. The van der Waals surface area contributed by atoms with Crippen LogP contribution in [0.4, 0.5) is 32.3 Å². The number of aryl methyl sites for hydroxylation is 3. The van der Waals surface area contributed by atoms with E-state index >= 15 is 4.39 Å².